The Balaban J connectivity index is 0.00000264. The Labute approximate surface area is 143 Å². The van der Waals surface area contributed by atoms with Crippen LogP contribution in [-0.2, 0) is 0 Å². The highest BCUT2D eigenvalue weighted by molar-refractivity contribution is 5.96. The number of nitrogens with two attached hydrogens (primary N) is 1. The Morgan fingerprint density at radius 3 is 2.35 bits per heavy atom. The molecule has 1 atom stereocenters. The Hall–Kier alpha value is -2.20. The number of rotatable bonds is 4. The van der Waals surface area contributed by atoms with Gasteiger partial charge < -0.3 is 15.4 Å². The number of carbonyl (C=O) groups excluding carboxylic acids is 1. The van der Waals surface area contributed by atoms with Crippen LogP contribution in [-0.4, -0.2) is 25.0 Å². The van der Waals surface area contributed by atoms with Crippen LogP contribution < -0.4 is 10.5 Å². The highest BCUT2D eigenvalue weighted by Crippen LogP contribution is 2.24. The van der Waals surface area contributed by atoms with Crippen LogP contribution in [0, 0.1) is 6.92 Å². The van der Waals surface area contributed by atoms with Gasteiger partial charge in [-0.05, 0) is 49.2 Å². The Morgan fingerprint density at radius 1 is 1.17 bits per heavy atom. The second-order valence-electron chi connectivity index (χ2n) is 5.44. The second kappa shape index (κ2) is 7.88. The molecule has 0 aromatic heterocycles. The maximum atomic E-state index is 12.7. The lowest BCUT2D eigenvalue weighted by Gasteiger charge is -2.26. The molecule has 0 aliphatic rings. The zero-order valence-corrected chi connectivity index (χ0v) is 14.7. The van der Waals surface area contributed by atoms with Crippen molar-refractivity contribution in [3.05, 3.63) is 59.2 Å². The van der Waals surface area contributed by atoms with Crippen LogP contribution in [0.2, 0.25) is 0 Å². The first-order valence-corrected chi connectivity index (χ1v) is 7.21. The van der Waals surface area contributed by atoms with Gasteiger partial charge in [-0.2, -0.15) is 0 Å². The van der Waals surface area contributed by atoms with E-state index < -0.39 is 0 Å². The van der Waals surface area contributed by atoms with Crippen molar-refractivity contribution < 1.29 is 9.53 Å². The molecule has 2 aromatic rings. The van der Waals surface area contributed by atoms with Gasteiger partial charge in [0.1, 0.15) is 5.75 Å². The summed E-state index contributed by atoms with van der Waals surface area (Å²) in [6, 6.07) is 13.1. The minimum atomic E-state index is -0.0424. The van der Waals surface area contributed by atoms with Gasteiger partial charge in [-0.15, -0.1) is 12.4 Å². The van der Waals surface area contributed by atoms with Gasteiger partial charge in [0.25, 0.3) is 5.91 Å². The average Bonchev–Trinajstić information content (AvgIpc) is 2.55. The van der Waals surface area contributed by atoms with E-state index in [1.807, 2.05) is 44.2 Å². The zero-order valence-electron chi connectivity index (χ0n) is 13.9. The van der Waals surface area contributed by atoms with E-state index in [-0.39, 0.29) is 24.4 Å². The van der Waals surface area contributed by atoms with Crippen molar-refractivity contribution in [1.82, 2.24) is 4.90 Å². The second-order valence-corrected chi connectivity index (χ2v) is 5.44. The normalized spacial score (nSPS) is 11.3. The number of hydrogen-bond donors (Lipinski definition) is 1. The molecule has 0 aliphatic carbocycles. The molecule has 23 heavy (non-hydrogen) atoms. The van der Waals surface area contributed by atoms with Gasteiger partial charge in [0.2, 0.25) is 0 Å². The van der Waals surface area contributed by atoms with E-state index in [2.05, 4.69) is 0 Å². The first-order valence-electron chi connectivity index (χ1n) is 7.21. The summed E-state index contributed by atoms with van der Waals surface area (Å²) in [6.45, 7) is 3.92. The number of carbonyl (C=O) groups is 1. The molecule has 0 bridgehead atoms. The van der Waals surface area contributed by atoms with Crippen molar-refractivity contribution in [2.24, 2.45) is 0 Å². The van der Waals surface area contributed by atoms with Crippen molar-refractivity contribution in [3.8, 4) is 5.75 Å². The fourth-order valence-corrected chi connectivity index (χ4v) is 2.34. The highest BCUT2D eigenvalue weighted by Gasteiger charge is 2.20. The number of nitrogens with zero attached hydrogens (tertiary/aromatic N) is 1. The molecule has 0 heterocycles. The molecule has 2 aromatic carbocycles. The lowest BCUT2D eigenvalue weighted by molar-refractivity contribution is 0.0742. The summed E-state index contributed by atoms with van der Waals surface area (Å²) in [5, 5.41) is 0. The van der Waals surface area contributed by atoms with Gasteiger partial charge >= 0.3 is 0 Å². The van der Waals surface area contributed by atoms with Gasteiger partial charge in [0.05, 0.1) is 13.2 Å². The molecular weight excluding hydrogens is 312 g/mol. The van der Waals surface area contributed by atoms with Crippen molar-refractivity contribution >= 4 is 24.0 Å². The standard InChI is InChI=1S/C18H22N2O2.ClH/c1-12-5-8-15(19)11-17(12)18(21)20(3)13(2)14-6-9-16(22-4)10-7-14;/h5-11,13H,19H2,1-4H3;1H. The van der Waals surface area contributed by atoms with Gasteiger partial charge in [0.15, 0.2) is 0 Å². The van der Waals surface area contributed by atoms with E-state index in [4.69, 9.17) is 10.5 Å². The predicted octanol–water partition coefficient (Wildman–Crippen LogP) is 3.84. The van der Waals surface area contributed by atoms with Crippen LogP contribution in [0.1, 0.15) is 34.5 Å². The molecule has 2 rings (SSSR count). The number of nitrogen functional groups attached to an aromatic ring is 1. The molecular formula is C18H23ClN2O2. The lowest BCUT2D eigenvalue weighted by Crippen LogP contribution is -2.30. The minimum absolute atomic E-state index is 0. The van der Waals surface area contributed by atoms with Crippen LogP contribution in [0.3, 0.4) is 0 Å². The Morgan fingerprint density at radius 2 is 1.78 bits per heavy atom. The summed E-state index contributed by atoms with van der Waals surface area (Å²) in [5.74, 6) is 0.768. The topological polar surface area (TPSA) is 55.6 Å². The fourth-order valence-electron chi connectivity index (χ4n) is 2.34. The van der Waals surface area contributed by atoms with Crippen LogP contribution in [0.4, 0.5) is 5.69 Å². The molecule has 5 heteroatoms. The molecule has 2 N–H and O–H groups in total. The first-order chi connectivity index (χ1) is 10.4. The number of halogens is 1. The van der Waals surface area contributed by atoms with E-state index in [1.165, 1.54) is 0 Å². The Kier molecular flexibility index (Phi) is 6.46. The third-order valence-corrected chi connectivity index (χ3v) is 3.99. The molecule has 0 spiro atoms. The number of aryl methyl sites for hydroxylation is 1. The Bertz CT molecular complexity index is 671. The van der Waals surface area contributed by atoms with Crippen LogP contribution in [0.15, 0.2) is 42.5 Å². The molecule has 0 fully saturated rings. The summed E-state index contributed by atoms with van der Waals surface area (Å²) in [7, 11) is 3.44. The van der Waals surface area contributed by atoms with Crippen molar-refractivity contribution in [1.29, 1.82) is 0 Å². The molecule has 0 saturated carbocycles. The quantitative estimate of drug-likeness (QED) is 0.864. The number of ether oxygens (including phenoxy) is 1. The highest BCUT2D eigenvalue weighted by atomic mass is 35.5. The summed E-state index contributed by atoms with van der Waals surface area (Å²) in [4.78, 5) is 14.4. The van der Waals surface area contributed by atoms with Gasteiger partial charge in [-0.3, -0.25) is 4.79 Å². The van der Waals surface area contributed by atoms with Crippen LogP contribution in [0.25, 0.3) is 0 Å². The molecule has 0 radical (unpaired) electrons. The lowest BCUT2D eigenvalue weighted by atomic mass is 10.0. The third kappa shape index (κ3) is 4.17. The van der Waals surface area contributed by atoms with Crippen LogP contribution >= 0.6 is 12.4 Å². The fraction of sp³-hybridized carbons (Fsp3) is 0.278. The summed E-state index contributed by atoms with van der Waals surface area (Å²) in [6.07, 6.45) is 0. The smallest absolute Gasteiger partial charge is 0.254 e. The maximum absolute atomic E-state index is 12.7. The van der Waals surface area contributed by atoms with Gasteiger partial charge in [0, 0.05) is 18.3 Å². The number of hydrogen-bond acceptors (Lipinski definition) is 3. The molecule has 4 nitrogen and oxygen atoms in total. The van der Waals surface area contributed by atoms with E-state index in [0.29, 0.717) is 11.3 Å². The van der Waals surface area contributed by atoms with E-state index in [1.54, 1.807) is 31.2 Å². The number of benzene rings is 2. The molecule has 0 aliphatic heterocycles. The van der Waals surface area contributed by atoms with Crippen molar-refractivity contribution in [2.45, 2.75) is 19.9 Å². The van der Waals surface area contributed by atoms with Gasteiger partial charge in [-0.1, -0.05) is 18.2 Å². The number of anilines is 1. The molecule has 0 saturated heterocycles. The maximum Gasteiger partial charge on any atom is 0.254 e. The SMILES string of the molecule is COc1ccc(C(C)N(C)C(=O)c2cc(N)ccc2C)cc1.Cl. The third-order valence-electron chi connectivity index (χ3n) is 3.99. The molecule has 124 valence electrons. The summed E-state index contributed by atoms with van der Waals surface area (Å²) < 4.78 is 5.16. The van der Waals surface area contributed by atoms with Crippen molar-refractivity contribution in [2.75, 3.05) is 19.9 Å². The monoisotopic (exact) mass is 334 g/mol. The van der Waals surface area contributed by atoms with Crippen molar-refractivity contribution in [3.63, 3.8) is 0 Å². The summed E-state index contributed by atoms with van der Waals surface area (Å²) in [5.41, 5.74) is 9.02. The van der Waals surface area contributed by atoms with E-state index >= 15 is 0 Å². The largest absolute Gasteiger partial charge is 0.497 e. The first kappa shape index (κ1) is 18.8. The number of amides is 1. The molecule has 1 unspecified atom stereocenters. The van der Waals surface area contributed by atoms with Crippen LogP contribution in [0.5, 0.6) is 5.75 Å². The van der Waals surface area contributed by atoms with E-state index in [9.17, 15) is 4.79 Å². The molecule has 1 amide bonds. The minimum Gasteiger partial charge on any atom is -0.497 e. The average molecular weight is 335 g/mol. The predicted molar refractivity (Wildman–Crippen MR) is 96.3 cm³/mol. The van der Waals surface area contributed by atoms with Gasteiger partial charge in [-0.25, -0.2) is 0 Å². The number of methoxy groups -OCH3 is 1. The van der Waals surface area contributed by atoms with E-state index in [0.717, 1.165) is 16.9 Å². The zero-order chi connectivity index (χ0) is 16.3. The summed E-state index contributed by atoms with van der Waals surface area (Å²) >= 11 is 0.